The van der Waals surface area contributed by atoms with Crippen LogP contribution in [-0.2, 0) is 23.1 Å². The van der Waals surface area contributed by atoms with E-state index < -0.39 is 5.69 Å². The first-order valence-electron chi connectivity index (χ1n) is 7.79. The Hall–Kier alpha value is -1.93. The third-order valence-electron chi connectivity index (χ3n) is 4.19. The Balaban J connectivity index is 1.87. The molecule has 0 radical (unpaired) electrons. The largest absolute Gasteiger partial charge is 0.383 e. The summed E-state index contributed by atoms with van der Waals surface area (Å²) in [4.78, 5) is 37.6. The Morgan fingerprint density at radius 2 is 2.22 bits per heavy atom. The van der Waals surface area contributed by atoms with Crippen molar-refractivity contribution in [2.24, 2.45) is 7.05 Å². The maximum atomic E-state index is 12.0. The van der Waals surface area contributed by atoms with E-state index in [1.807, 2.05) is 0 Å². The van der Waals surface area contributed by atoms with Crippen LogP contribution in [0.2, 0.25) is 0 Å². The molecule has 1 atom stereocenters. The average molecular weight is 324 g/mol. The smallest absolute Gasteiger partial charge is 0.331 e. The van der Waals surface area contributed by atoms with Crippen molar-refractivity contribution in [3.05, 3.63) is 33.1 Å². The summed E-state index contributed by atoms with van der Waals surface area (Å²) in [6.07, 6.45) is 3.51. The average Bonchev–Trinajstić information content (AvgIpc) is 2.99. The van der Waals surface area contributed by atoms with Crippen LogP contribution in [0, 0.1) is 0 Å². The van der Waals surface area contributed by atoms with E-state index in [4.69, 9.17) is 4.74 Å². The van der Waals surface area contributed by atoms with Gasteiger partial charge in [0.05, 0.1) is 6.61 Å². The van der Waals surface area contributed by atoms with Gasteiger partial charge in [0.1, 0.15) is 6.54 Å². The number of carbonyl (C=O) groups excluding carboxylic acids is 1. The van der Waals surface area contributed by atoms with E-state index in [1.165, 1.54) is 23.9 Å². The number of hydrogen-bond acceptors (Lipinski definition) is 5. The van der Waals surface area contributed by atoms with Crippen molar-refractivity contribution >= 4 is 5.91 Å². The van der Waals surface area contributed by atoms with Crippen LogP contribution in [0.3, 0.4) is 0 Å². The van der Waals surface area contributed by atoms with E-state index in [-0.39, 0.29) is 18.0 Å². The number of rotatable bonds is 7. The molecule has 2 heterocycles. The van der Waals surface area contributed by atoms with Crippen LogP contribution < -0.4 is 16.6 Å². The van der Waals surface area contributed by atoms with Gasteiger partial charge in [0.2, 0.25) is 5.91 Å². The minimum Gasteiger partial charge on any atom is -0.383 e. The highest BCUT2D eigenvalue weighted by Crippen LogP contribution is 2.15. The van der Waals surface area contributed by atoms with Crippen LogP contribution in [0.15, 0.2) is 21.9 Å². The molecule has 0 unspecified atom stereocenters. The second-order valence-electron chi connectivity index (χ2n) is 5.75. The zero-order valence-electron chi connectivity index (χ0n) is 13.7. The molecule has 1 aliphatic heterocycles. The number of likely N-dealkylation sites (tertiary alicyclic amines) is 1. The Kier molecular flexibility index (Phi) is 6.12. The Morgan fingerprint density at radius 3 is 2.96 bits per heavy atom. The van der Waals surface area contributed by atoms with Gasteiger partial charge in [-0.3, -0.25) is 23.6 Å². The summed E-state index contributed by atoms with van der Waals surface area (Å²) in [5.74, 6) is -0.232. The minimum absolute atomic E-state index is 0.0856. The summed E-state index contributed by atoms with van der Waals surface area (Å²) in [5, 5.41) is 2.87. The Morgan fingerprint density at radius 1 is 1.43 bits per heavy atom. The monoisotopic (exact) mass is 324 g/mol. The zero-order chi connectivity index (χ0) is 16.8. The zero-order valence-corrected chi connectivity index (χ0v) is 13.7. The lowest BCUT2D eigenvalue weighted by Crippen LogP contribution is -2.44. The maximum Gasteiger partial charge on any atom is 0.331 e. The molecule has 0 aromatic carbocycles. The SMILES string of the molecule is COCCN1CCC[C@@H]1CNC(=O)Cn1ccc(=O)n(C)c1=O. The number of aromatic nitrogens is 2. The number of carbonyl (C=O) groups is 1. The fourth-order valence-corrected chi connectivity index (χ4v) is 2.81. The highest BCUT2D eigenvalue weighted by atomic mass is 16.5. The molecule has 1 aliphatic rings. The highest BCUT2D eigenvalue weighted by Gasteiger charge is 2.24. The third kappa shape index (κ3) is 4.52. The van der Waals surface area contributed by atoms with E-state index in [0.717, 1.165) is 30.5 Å². The van der Waals surface area contributed by atoms with Crippen LogP contribution in [0.4, 0.5) is 0 Å². The summed E-state index contributed by atoms with van der Waals surface area (Å²) in [5.41, 5.74) is -0.873. The van der Waals surface area contributed by atoms with Gasteiger partial charge in [0, 0.05) is 45.6 Å². The number of ether oxygens (including phenoxy) is 1. The predicted molar refractivity (Wildman–Crippen MR) is 85.4 cm³/mol. The van der Waals surface area contributed by atoms with Gasteiger partial charge in [-0.05, 0) is 19.4 Å². The summed E-state index contributed by atoms with van der Waals surface area (Å²) >= 11 is 0. The van der Waals surface area contributed by atoms with Crippen LogP contribution in [0.25, 0.3) is 0 Å². The molecule has 1 N–H and O–H groups in total. The molecule has 0 saturated carbocycles. The second-order valence-corrected chi connectivity index (χ2v) is 5.75. The lowest BCUT2D eigenvalue weighted by molar-refractivity contribution is -0.121. The van der Waals surface area contributed by atoms with E-state index >= 15 is 0 Å². The van der Waals surface area contributed by atoms with E-state index in [9.17, 15) is 14.4 Å². The fraction of sp³-hybridized carbons (Fsp3) is 0.667. The van der Waals surface area contributed by atoms with Gasteiger partial charge < -0.3 is 10.1 Å². The van der Waals surface area contributed by atoms with Gasteiger partial charge in [-0.15, -0.1) is 0 Å². The van der Waals surface area contributed by atoms with Gasteiger partial charge >= 0.3 is 5.69 Å². The number of nitrogens with one attached hydrogen (secondary N) is 1. The molecule has 8 nitrogen and oxygen atoms in total. The quantitative estimate of drug-likeness (QED) is 0.679. The third-order valence-corrected chi connectivity index (χ3v) is 4.19. The molecule has 0 bridgehead atoms. The van der Waals surface area contributed by atoms with Crippen LogP contribution in [0.1, 0.15) is 12.8 Å². The van der Waals surface area contributed by atoms with Gasteiger partial charge in [0.15, 0.2) is 0 Å². The number of amides is 1. The standard InChI is InChI=1S/C15H24N4O4/c1-17-14(21)5-7-19(15(17)22)11-13(20)16-10-12-4-3-6-18(12)8-9-23-2/h5,7,12H,3-4,6,8-11H2,1-2H3,(H,16,20)/t12-/m1/s1. The van der Waals surface area contributed by atoms with Crippen molar-refractivity contribution in [1.29, 1.82) is 0 Å². The molecule has 1 aromatic rings. The van der Waals surface area contributed by atoms with Crippen molar-refractivity contribution in [2.75, 3.05) is 33.4 Å². The number of methoxy groups -OCH3 is 1. The van der Waals surface area contributed by atoms with Gasteiger partial charge in [-0.1, -0.05) is 0 Å². The van der Waals surface area contributed by atoms with Crippen molar-refractivity contribution in [3.63, 3.8) is 0 Å². The summed E-state index contributed by atoms with van der Waals surface area (Å²) < 4.78 is 7.31. The molecule has 1 aromatic heterocycles. The van der Waals surface area contributed by atoms with Crippen molar-refractivity contribution in [3.8, 4) is 0 Å². The summed E-state index contributed by atoms with van der Waals surface area (Å²) in [6, 6.07) is 1.59. The molecule has 1 amide bonds. The van der Waals surface area contributed by atoms with Crippen molar-refractivity contribution in [1.82, 2.24) is 19.4 Å². The van der Waals surface area contributed by atoms with Crippen LogP contribution >= 0.6 is 0 Å². The van der Waals surface area contributed by atoms with E-state index in [0.29, 0.717) is 19.2 Å². The number of nitrogens with zero attached hydrogens (tertiary/aromatic N) is 3. The first kappa shape index (κ1) is 17.4. The Labute approximate surface area is 134 Å². The summed E-state index contributed by atoms with van der Waals surface area (Å²) in [7, 11) is 3.07. The number of hydrogen-bond donors (Lipinski definition) is 1. The first-order chi connectivity index (χ1) is 11.0. The molecular weight excluding hydrogens is 300 g/mol. The highest BCUT2D eigenvalue weighted by molar-refractivity contribution is 5.75. The van der Waals surface area contributed by atoms with Crippen LogP contribution in [-0.4, -0.2) is 59.3 Å². The normalized spacial score (nSPS) is 18.3. The second kappa shape index (κ2) is 8.07. The van der Waals surface area contributed by atoms with Crippen molar-refractivity contribution < 1.29 is 9.53 Å². The maximum absolute atomic E-state index is 12.0. The van der Waals surface area contributed by atoms with E-state index in [1.54, 1.807) is 7.11 Å². The molecule has 8 heteroatoms. The van der Waals surface area contributed by atoms with Gasteiger partial charge in [-0.25, -0.2) is 4.79 Å². The van der Waals surface area contributed by atoms with Gasteiger partial charge in [0.25, 0.3) is 5.56 Å². The summed E-state index contributed by atoms with van der Waals surface area (Å²) in [6.45, 7) is 3.03. The first-order valence-corrected chi connectivity index (χ1v) is 7.79. The molecule has 2 rings (SSSR count). The van der Waals surface area contributed by atoms with E-state index in [2.05, 4.69) is 10.2 Å². The Bertz CT molecular complexity index is 652. The molecule has 1 saturated heterocycles. The predicted octanol–water partition coefficient (Wildman–Crippen LogP) is -1.23. The molecule has 23 heavy (non-hydrogen) atoms. The molecule has 0 aliphatic carbocycles. The lowest BCUT2D eigenvalue weighted by atomic mass is 10.2. The topological polar surface area (TPSA) is 85.6 Å². The minimum atomic E-state index is -0.491. The molecular formula is C15H24N4O4. The fourth-order valence-electron chi connectivity index (χ4n) is 2.81. The van der Waals surface area contributed by atoms with Gasteiger partial charge in [-0.2, -0.15) is 0 Å². The van der Waals surface area contributed by atoms with Crippen LogP contribution in [0.5, 0.6) is 0 Å². The molecule has 0 spiro atoms. The molecule has 128 valence electrons. The lowest BCUT2D eigenvalue weighted by Gasteiger charge is -2.24. The van der Waals surface area contributed by atoms with Crippen molar-refractivity contribution in [2.45, 2.75) is 25.4 Å². The molecule has 1 fully saturated rings.